The van der Waals surface area contributed by atoms with Gasteiger partial charge in [-0.3, -0.25) is 0 Å². The summed E-state index contributed by atoms with van der Waals surface area (Å²) in [4.78, 5) is 0. The lowest BCUT2D eigenvalue weighted by atomic mass is 10.1. The minimum atomic E-state index is -2.80. The van der Waals surface area contributed by atoms with Crippen LogP contribution in [0.2, 0.25) is 0 Å². The molecule has 0 aromatic heterocycles. The fourth-order valence-electron chi connectivity index (χ4n) is 1.03. The average molecular weight is 218 g/mol. The van der Waals surface area contributed by atoms with Crippen LogP contribution in [-0.2, 0) is 5.92 Å². The second-order valence-corrected chi connectivity index (χ2v) is 3.95. The van der Waals surface area contributed by atoms with E-state index in [1.807, 2.05) is 0 Å². The highest BCUT2D eigenvalue weighted by Crippen LogP contribution is 2.31. The summed E-state index contributed by atoms with van der Waals surface area (Å²) < 4.78 is 26.8. The van der Waals surface area contributed by atoms with E-state index < -0.39 is 5.92 Å². The van der Waals surface area contributed by atoms with E-state index in [0.29, 0.717) is 5.75 Å². The Balaban J connectivity index is 2.56. The van der Waals surface area contributed by atoms with Crippen LogP contribution < -0.4 is 0 Å². The van der Waals surface area contributed by atoms with Crippen molar-refractivity contribution < 1.29 is 13.9 Å². The monoisotopic (exact) mass is 218 g/mol. The maximum atomic E-state index is 13.4. The molecule has 0 aliphatic heterocycles. The first kappa shape index (κ1) is 11.5. The van der Waals surface area contributed by atoms with Gasteiger partial charge in [0, 0.05) is 11.3 Å². The highest BCUT2D eigenvalue weighted by Gasteiger charge is 2.30. The summed E-state index contributed by atoms with van der Waals surface area (Å²) in [5.74, 6) is -2.74. The molecule has 1 aromatic carbocycles. The fraction of sp³-hybridized carbons (Fsp3) is 0.400. The predicted octanol–water partition coefficient (Wildman–Crippen LogP) is 2.50. The van der Waals surface area contributed by atoms with Crippen LogP contribution in [0, 0.1) is 0 Å². The lowest BCUT2D eigenvalue weighted by molar-refractivity contribution is 0.0231. The second-order valence-electron chi connectivity index (χ2n) is 2.85. The van der Waals surface area contributed by atoms with Crippen molar-refractivity contribution in [2.24, 2.45) is 0 Å². The van der Waals surface area contributed by atoms with Gasteiger partial charge < -0.3 is 5.11 Å². The molecule has 0 heterocycles. The van der Waals surface area contributed by atoms with Crippen LogP contribution in [0.25, 0.3) is 0 Å². The van der Waals surface area contributed by atoms with E-state index in [-0.39, 0.29) is 17.9 Å². The zero-order valence-electron chi connectivity index (χ0n) is 7.62. The third-order valence-corrected chi connectivity index (χ3v) is 2.75. The molecule has 1 rings (SSSR count). The van der Waals surface area contributed by atoms with Gasteiger partial charge in [0.15, 0.2) is 0 Å². The summed E-state index contributed by atoms with van der Waals surface area (Å²) >= 11 is 1.06. The second kappa shape index (κ2) is 5.32. The van der Waals surface area contributed by atoms with Crippen molar-refractivity contribution in [3.8, 4) is 0 Å². The molecule has 0 aliphatic carbocycles. The minimum Gasteiger partial charge on any atom is -0.396 e. The van der Waals surface area contributed by atoms with Crippen LogP contribution in [0.3, 0.4) is 0 Å². The van der Waals surface area contributed by atoms with E-state index in [1.54, 1.807) is 18.2 Å². The van der Waals surface area contributed by atoms with Crippen LogP contribution >= 0.6 is 11.8 Å². The molecule has 0 saturated heterocycles. The highest BCUT2D eigenvalue weighted by molar-refractivity contribution is 7.99. The first-order valence-corrected chi connectivity index (χ1v) is 5.44. The number of aliphatic hydroxyl groups excluding tert-OH is 1. The van der Waals surface area contributed by atoms with Gasteiger partial charge in [-0.1, -0.05) is 30.3 Å². The van der Waals surface area contributed by atoms with E-state index in [9.17, 15) is 8.78 Å². The van der Waals surface area contributed by atoms with E-state index in [0.717, 1.165) is 11.8 Å². The molecule has 0 saturated carbocycles. The van der Waals surface area contributed by atoms with Crippen molar-refractivity contribution >= 4 is 11.8 Å². The fourth-order valence-corrected chi connectivity index (χ4v) is 1.73. The van der Waals surface area contributed by atoms with Crippen LogP contribution in [-0.4, -0.2) is 23.2 Å². The normalized spacial score (nSPS) is 11.6. The van der Waals surface area contributed by atoms with Crippen LogP contribution in [0.15, 0.2) is 30.3 Å². The van der Waals surface area contributed by atoms with Gasteiger partial charge in [0.1, 0.15) is 0 Å². The Morgan fingerprint density at radius 3 is 2.43 bits per heavy atom. The smallest absolute Gasteiger partial charge is 0.282 e. The molecular formula is C10H12F2OS. The Labute approximate surface area is 86.1 Å². The third kappa shape index (κ3) is 3.27. The summed E-state index contributed by atoms with van der Waals surface area (Å²) in [6.45, 7) is -0.0600. The Kier molecular flexibility index (Phi) is 4.35. The van der Waals surface area contributed by atoms with Crippen LogP contribution in [0.1, 0.15) is 5.56 Å². The Hall–Kier alpha value is -0.610. The molecule has 1 N–H and O–H groups in total. The van der Waals surface area contributed by atoms with Gasteiger partial charge in [-0.2, -0.15) is 11.8 Å². The number of benzene rings is 1. The van der Waals surface area contributed by atoms with Gasteiger partial charge in [0.2, 0.25) is 0 Å². The molecular weight excluding hydrogens is 206 g/mol. The maximum absolute atomic E-state index is 13.4. The number of thioether (sulfide) groups is 1. The molecule has 0 atom stereocenters. The van der Waals surface area contributed by atoms with Crippen molar-refractivity contribution in [3.05, 3.63) is 35.9 Å². The van der Waals surface area contributed by atoms with Gasteiger partial charge in [0.25, 0.3) is 5.92 Å². The topological polar surface area (TPSA) is 20.2 Å². The molecule has 0 aliphatic rings. The molecule has 0 radical (unpaired) electrons. The van der Waals surface area contributed by atoms with E-state index in [1.165, 1.54) is 12.1 Å². The van der Waals surface area contributed by atoms with Crippen LogP contribution in [0.4, 0.5) is 8.78 Å². The number of halogens is 2. The quantitative estimate of drug-likeness (QED) is 0.766. The number of rotatable bonds is 5. The standard InChI is InChI=1S/C10H12F2OS/c11-10(12,8-14-7-6-13)9-4-2-1-3-5-9/h1-5,13H,6-8H2. The molecule has 78 valence electrons. The number of hydrogen-bond donors (Lipinski definition) is 1. The summed E-state index contributed by atoms with van der Waals surface area (Å²) in [7, 11) is 0. The molecule has 1 nitrogen and oxygen atoms in total. The summed E-state index contributed by atoms with van der Waals surface area (Å²) in [5.41, 5.74) is 0.0328. The number of hydrogen-bond acceptors (Lipinski definition) is 2. The van der Waals surface area contributed by atoms with Crippen molar-refractivity contribution in [1.29, 1.82) is 0 Å². The van der Waals surface area contributed by atoms with Gasteiger partial charge in [-0.25, -0.2) is 8.78 Å². The Morgan fingerprint density at radius 1 is 1.21 bits per heavy atom. The van der Waals surface area contributed by atoms with Crippen molar-refractivity contribution in [2.75, 3.05) is 18.1 Å². The third-order valence-electron chi connectivity index (χ3n) is 1.72. The first-order chi connectivity index (χ1) is 6.67. The summed E-state index contributed by atoms with van der Waals surface area (Å²) in [6, 6.07) is 7.74. The number of aliphatic hydroxyl groups is 1. The Bertz CT molecular complexity index is 264. The maximum Gasteiger partial charge on any atom is 0.282 e. The van der Waals surface area contributed by atoms with E-state index in [2.05, 4.69) is 0 Å². The molecule has 14 heavy (non-hydrogen) atoms. The van der Waals surface area contributed by atoms with Gasteiger partial charge in [-0.15, -0.1) is 0 Å². The van der Waals surface area contributed by atoms with Gasteiger partial charge in [-0.05, 0) is 0 Å². The molecule has 0 amide bonds. The van der Waals surface area contributed by atoms with E-state index >= 15 is 0 Å². The molecule has 0 unspecified atom stereocenters. The lowest BCUT2D eigenvalue weighted by Crippen LogP contribution is -2.17. The molecule has 0 spiro atoms. The lowest BCUT2D eigenvalue weighted by Gasteiger charge is -2.15. The zero-order valence-corrected chi connectivity index (χ0v) is 8.44. The Morgan fingerprint density at radius 2 is 1.86 bits per heavy atom. The largest absolute Gasteiger partial charge is 0.396 e. The molecule has 0 bridgehead atoms. The van der Waals surface area contributed by atoms with Crippen LogP contribution in [0.5, 0.6) is 0 Å². The molecule has 1 aromatic rings. The zero-order chi connectivity index (χ0) is 10.4. The minimum absolute atomic E-state index is 0.0328. The van der Waals surface area contributed by atoms with Crippen molar-refractivity contribution in [1.82, 2.24) is 0 Å². The number of alkyl halides is 2. The van der Waals surface area contributed by atoms with E-state index in [4.69, 9.17) is 5.11 Å². The molecule has 4 heteroatoms. The predicted molar refractivity (Wildman–Crippen MR) is 54.7 cm³/mol. The van der Waals surface area contributed by atoms with Crippen molar-refractivity contribution in [2.45, 2.75) is 5.92 Å². The first-order valence-electron chi connectivity index (χ1n) is 4.29. The summed E-state index contributed by atoms with van der Waals surface area (Å²) in [5, 5.41) is 8.47. The van der Waals surface area contributed by atoms with Crippen molar-refractivity contribution in [3.63, 3.8) is 0 Å². The highest BCUT2D eigenvalue weighted by atomic mass is 32.2. The molecule has 0 fully saturated rings. The average Bonchev–Trinajstić information content (AvgIpc) is 2.19. The van der Waals surface area contributed by atoms with Gasteiger partial charge >= 0.3 is 0 Å². The summed E-state index contributed by atoms with van der Waals surface area (Å²) in [6.07, 6.45) is 0. The van der Waals surface area contributed by atoms with Gasteiger partial charge in [0.05, 0.1) is 12.4 Å². The SMILES string of the molecule is OCCSCC(F)(F)c1ccccc1.